The number of hydrogen-bond donors (Lipinski definition) is 0. The van der Waals surface area contributed by atoms with E-state index in [9.17, 15) is 9.59 Å². The second kappa shape index (κ2) is 7.19. The molecule has 0 spiro atoms. The van der Waals surface area contributed by atoms with Crippen LogP contribution in [0, 0.1) is 0 Å². The average Bonchev–Trinajstić information content (AvgIpc) is 2.60. The summed E-state index contributed by atoms with van der Waals surface area (Å²) in [4.78, 5) is 29.6. The molecule has 5 nitrogen and oxygen atoms in total. The van der Waals surface area contributed by atoms with E-state index in [1.165, 1.54) is 22.2 Å². The second-order valence-electron chi connectivity index (χ2n) is 4.94. The first-order valence-electron chi connectivity index (χ1n) is 7.06. The highest BCUT2D eigenvalue weighted by Gasteiger charge is 2.13. The third kappa shape index (κ3) is 3.52. The quantitative estimate of drug-likeness (QED) is 0.491. The zero-order valence-electron chi connectivity index (χ0n) is 12.7. The summed E-state index contributed by atoms with van der Waals surface area (Å²) < 4.78 is 7.53. The minimum absolute atomic E-state index is 0.0522. The lowest BCUT2D eigenvalue weighted by molar-refractivity contribution is 0.0463. The zero-order valence-corrected chi connectivity index (χ0v) is 15.1. The van der Waals surface area contributed by atoms with Gasteiger partial charge in [-0.3, -0.25) is 9.20 Å². The van der Waals surface area contributed by atoms with Crippen molar-refractivity contribution < 1.29 is 9.53 Å². The number of carbonyl (C=O) groups is 1. The van der Waals surface area contributed by atoms with Gasteiger partial charge in [-0.2, -0.15) is 0 Å². The molecule has 0 amide bonds. The Labute approximate surface area is 150 Å². The molecule has 24 heavy (non-hydrogen) atoms. The minimum Gasteiger partial charge on any atom is -0.456 e. The van der Waals surface area contributed by atoms with E-state index in [4.69, 9.17) is 4.74 Å². The molecule has 0 atom stereocenters. The van der Waals surface area contributed by atoms with Crippen molar-refractivity contribution in [3.8, 4) is 0 Å². The number of ether oxygens (including phenoxy) is 1. The molecule has 3 aromatic rings. The summed E-state index contributed by atoms with van der Waals surface area (Å²) in [6.45, 7) is -0.0522. The van der Waals surface area contributed by atoms with Gasteiger partial charge < -0.3 is 4.74 Å². The van der Waals surface area contributed by atoms with Crippen molar-refractivity contribution in [1.82, 2.24) is 9.38 Å². The topological polar surface area (TPSA) is 60.7 Å². The fraction of sp³-hybridized carbons (Fsp3) is 0.118. The average molecular weight is 405 g/mol. The van der Waals surface area contributed by atoms with Crippen molar-refractivity contribution in [2.24, 2.45) is 0 Å². The number of benzene rings is 1. The Morgan fingerprint density at radius 1 is 1.29 bits per heavy atom. The van der Waals surface area contributed by atoms with E-state index in [0.717, 1.165) is 9.37 Å². The van der Waals surface area contributed by atoms with Crippen molar-refractivity contribution in [3.05, 3.63) is 74.7 Å². The number of pyridine rings is 1. The van der Waals surface area contributed by atoms with Gasteiger partial charge in [-0.25, -0.2) is 9.78 Å². The standard InChI is InChI=1S/C17H13BrN2O3S/c1-24-14-5-3-2-4-13(14)17(22)23-10-12-8-16(21)20-9-11(18)6-7-15(20)19-12/h2-9H,10H2,1H3. The molecule has 0 saturated heterocycles. The lowest BCUT2D eigenvalue weighted by atomic mass is 10.2. The first kappa shape index (κ1) is 16.7. The molecule has 0 aliphatic heterocycles. The maximum absolute atomic E-state index is 12.2. The Hall–Kier alpha value is -2.12. The summed E-state index contributed by atoms with van der Waals surface area (Å²) in [5, 5.41) is 0. The van der Waals surface area contributed by atoms with E-state index in [1.807, 2.05) is 18.4 Å². The van der Waals surface area contributed by atoms with Gasteiger partial charge in [0.2, 0.25) is 0 Å². The monoisotopic (exact) mass is 404 g/mol. The molecule has 2 aromatic heterocycles. The molecule has 0 fully saturated rings. The van der Waals surface area contributed by atoms with E-state index < -0.39 is 5.97 Å². The van der Waals surface area contributed by atoms with Crippen molar-refractivity contribution >= 4 is 39.3 Å². The molecule has 0 aliphatic rings. The van der Waals surface area contributed by atoms with Gasteiger partial charge >= 0.3 is 5.97 Å². The fourth-order valence-electron chi connectivity index (χ4n) is 2.23. The maximum atomic E-state index is 12.2. The predicted molar refractivity (Wildman–Crippen MR) is 96.5 cm³/mol. The lowest BCUT2D eigenvalue weighted by Crippen LogP contribution is -2.16. The Morgan fingerprint density at radius 2 is 2.08 bits per heavy atom. The van der Waals surface area contributed by atoms with Crippen LogP contribution in [0.5, 0.6) is 0 Å². The van der Waals surface area contributed by atoms with Gasteiger partial charge in [-0.05, 0) is 46.5 Å². The third-order valence-electron chi connectivity index (χ3n) is 3.35. The molecule has 0 aliphatic carbocycles. The van der Waals surface area contributed by atoms with Gasteiger partial charge in [0.15, 0.2) is 0 Å². The number of aromatic nitrogens is 2. The summed E-state index contributed by atoms with van der Waals surface area (Å²) in [6, 6.07) is 12.1. The number of fused-ring (bicyclic) bond motifs is 1. The van der Waals surface area contributed by atoms with Crippen molar-refractivity contribution in [1.29, 1.82) is 0 Å². The number of rotatable bonds is 4. The van der Waals surface area contributed by atoms with Crippen molar-refractivity contribution in [2.45, 2.75) is 11.5 Å². The van der Waals surface area contributed by atoms with Crippen molar-refractivity contribution in [3.63, 3.8) is 0 Å². The zero-order chi connectivity index (χ0) is 17.1. The molecule has 3 rings (SSSR count). The Bertz CT molecular complexity index is 971. The van der Waals surface area contributed by atoms with Gasteiger partial charge in [0.1, 0.15) is 12.3 Å². The molecule has 0 bridgehead atoms. The lowest BCUT2D eigenvalue weighted by Gasteiger charge is -2.08. The van der Waals surface area contributed by atoms with E-state index in [0.29, 0.717) is 16.9 Å². The van der Waals surface area contributed by atoms with Gasteiger partial charge in [0, 0.05) is 21.6 Å². The highest BCUT2D eigenvalue weighted by atomic mass is 79.9. The summed E-state index contributed by atoms with van der Waals surface area (Å²) >= 11 is 4.79. The van der Waals surface area contributed by atoms with Gasteiger partial charge in [-0.1, -0.05) is 12.1 Å². The molecule has 0 saturated carbocycles. The van der Waals surface area contributed by atoms with Crippen LogP contribution in [0.2, 0.25) is 0 Å². The van der Waals surface area contributed by atoms with Crippen LogP contribution in [0.4, 0.5) is 0 Å². The molecule has 1 aromatic carbocycles. The predicted octanol–water partition coefficient (Wildman–Crippen LogP) is 3.54. The molecule has 0 unspecified atom stereocenters. The number of hydrogen-bond acceptors (Lipinski definition) is 5. The Kier molecular flexibility index (Phi) is 5.01. The van der Waals surface area contributed by atoms with Crippen LogP contribution in [-0.4, -0.2) is 21.6 Å². The number of halogens is 1. The van der Waals surface area contributed by atoms with Gasteiger partial charge in [0.25, 0.3) is 5.56 Å². The second-order valence-corrected chi connectivity index (χ2v) is 6.70. The van der Waals surface area contributed by atoms with Gasteiger partial charge in [-0.15, -0.1) is 11.8 Å². The SMILES string of the molecule is CSc1ccccc1C(=O)OCc1cc(=O)n2cc(Br)ccc2n1. The number of esters is 1. The molecule has 0 radical (unpaired) electrons. The number of thioether (sulfide) groups is 1. The van der Waals surface area contributed by atoms with Crippen LogP contribution in [0.3, 0.4) is 0 Å². The fourth-order valence-corrected chi connectivity index (χ4v) is 3.15. The normalized spacial score (nSPS) is 10.8. The van der Waals surface area contributed by atoms with Crippen LogP contribution in [0.15, 0.2) is 62.8 Å². The van der Waals surface area contributed by atoms with Crippen LogP contribution < -0.4 is 5.56 Å². The van der Waals surface area contributed by atoms with Crippen LogP contribution in [-0.2, 0) is 11.3 Å². The highest BCUT2D eigenvalue weighted by Crippen LogP contribution is 2.20. The molecular formula is C17H13BrN2O3S. The summed E-state index contributed by atoms with van der Waals surface area (Å²) in [5.74, 6) is -0.433. The molecule has 7 heteroatoms. The first-order chi connectivity index (χ1) is 11.6. The number of carbonyl (C=O) groups excluding carboxylic acids is 1. The molecule has 122 valence electrons. The smallest absolute Gasteiger partial charge is 0.339 e. The summed E-state index contributed by atoms with van der Waals surface area (Å²) in [5.41, 5.74) is 1.20. The Balaban J connectivity index is 1.82. The van der Waals surface area contributed by atoms with E-state index in [-0.39, 0.29) is 12.2 Å². The van der Waals surface area contributed by atoms with E-state index >= 15 is 0 Å². The van der Waals surface area contributed by atoms with E-state index in [1.54, 1.807) is 30.5 Å². The van der Waals surface area contributed by atoms with Crippen LogP contribution in [0.1, 0.15) is 16.1 Å². The molecule has 0 N–H and O–H groups in total. The number of nitrogens with zero attached hydrogens (tertiary/aromatic N) is 2. The maximum Gasteiger partial charge on any atom is 0.339 e. The Morgan fingerprint density at radius 3 is 2.88 bits per heavy atom. The summed E-state index contributed by atoms with van der Waals surface area (Å²) in [6.07, 6.45) is 3.55. The minimum atomic E-state index is -0.433. The molecule has 2 heterocycles. The summed E-state index contributed by atoms with van der Waals surface area (Å²) in [7, 11) is 0. The van der Waals surface area contributed by atoms with Crippen LogP contribution in [0.25, 0.3) is 5.65 Å². The largest absolute Gasteiger partial charge is 0.456 e. The van der Waals surface area contributed by atoms with Crippen molar-refractivity contribution in [2.75, 3.05) is 6.26 Å². The molecular weight excluding hydrogens is 392 g/mol. The highest BCUT2D eigenvalue weighted by molar-refractivity contribution is 9.10. The van der Waals surface area contributed by atoms with E-state index in [2.05, 4.69) is 20.9 Å². The van der Waals surface area contributed by atoms with Gasteiger partial charge in [0.05, 0.1) is 11.3 Å². The van der Waals surface area contributed by atoms with Crippen LogP contribution >= 0.6 is 27.7 Å². The third-order valence-corrected chi connectivity index (χ3v) is 4.62. The first-order valence-corrected chi connectivity index (χ1v) is 9.08.